The number of aryl methyl sites for hydroxylation is 1. The van der Waals surface area contributed by atoms with Crippen LogP contribution < -0.4 is 10.2 Å². The molecular weight excluding hydrogens is 378 g/mol. The molecule has 3 aromatic rings. The molecule has 0 fully saturated rings. The Bertz CT molecular complexity index is 838. The van der Waals surface area contributed by atoms with Crippen LogP contribution in [0, 0.1) is 6.92 Å². The van der Waals surface area contributed by atoms with E-state index >= 15 is 0 Å². The zero-order chi connectivity index (χ0) is 17.6. The minimum atomic E-state index is 0.581. The van der Waals surface area contributed by atoms with E-state index in [2.05, 4.69) is 60.2 Å². The lowest BCUT2D eigenvalue weighted by molar-refractivity contribution is 0.855. The minimum absolute atomic E-state index is 0.581. The summed E-state index contributed by atoms with van der Waals surface area (Å²) in [7, 11) is 2.04. The third kappa shape index (κ3) is 4.76. The number of likely N-dealkylation sites (N-methyl/N-ethyl adjacent to an activating group) is 1. The second-order valence-corrected chi connectivity index (χ2v) is 6.73. The van der Waals surface area contributed by atoms with Crippen molar-refractivity contribution in [2.75, 3.05) is 23.8 Å². The largest absolute Gasteiger partial charge is 0.359 e. The number of hydrogen-bond donors (Lipinski definition) is 1. The Morgan fingerprint density at radius 2 is 1.88 bits per heavy atom. The van der Waals surface area contributed by atoms with Gasteiger partial charge in [-0.05, 0) is 70.7 Å². The third-order valence-electron chi connectivity index (χ3n) is 3.89. The van der Waals surface area contributed by atoms with Crippen LogP contribution in [0.15, 0.2) is 59.5 Å². The summed E-state index contributed by atoms with van der Waals surface area (Å²) in [5, 5.41) is 3.26. The first-order valence-corrected chi connectivity index (χ1v) is 8.87. The van der Waals surface area contributed by atoms with Gasteiger partial charge in [-0.2, -0.15) is 4.98 Å². The molecule has 0 saturated carbocycles. The monoisotopic (exact) mass is 397 g/mol. The Labute approximate surface area is 156 Å². The van der Waals surface area contributed by atoms with Gasteiger partial charge in [0.1, 0.15) is 5.82 Å². The zero-order valence-electron chi connectivity index (χ0n) is 14.3. The van der Waals surface area contributed by atoms with Gasteiger partial charge in [0.05, 0.1) is 5.69 Å². The maximum absolute atomic E-state index is 4.61. The number of nitrogens with zero attached hydrogens (tertiary/aromatic N) is 4. The molecule has 0 bridgehead atoms. The lowest BCUT2D eigenvalue weighted by Gasteiger charge is -2.18. The summed E-state index contributed by atoms with van der Waals surface area (Å²) in [6, 6.07) is 12.1. The van der Waals surface area contributed by atoms with Gasteiger partial charge in [-0.15, -0.1) is 0 Å². The van der Waals surface area contributed by atoms with Crippen LogP contribution in [0.25, 0.3) is 0 Å². The van der Waals surface area contributed by atoms with Crippen molar-refractivity contribution >= 4 is 33.4 Å². The normalized spacial score (nSPS) is 10.5. The molecule has 0 amide bonds. The number of pyridine rings is 1. The van der Waals surface area contributed by atoms with Crippen molar-refractivity contribution in [3.05, 3.63) is 70.6 Å². The lowest BCUT2D eigenvalue weighted by atomic mass is 10.2. The number of halogens is 1. The Balaban J connectivity index is 1.68. The summed E-state index contributed by atoms with van der Waals surface area (Å²) < 4.78 is 0.993. The Morgan fingerprint density at radius 3 is 2.64 bits per heavy atom. The van der Waals surface area contributed by atoms with Gasteiger partial charge in [-0.3, -0.25) is 4.98 Å². The summed E-state index contributed by atoms with van der Waals surface area (Å²) in [4.78, 5) is 15.1. The first kappa shape index (κ1) is 17.4. The molecule has 0 aliphatic heterocycles. The van der Waals surface area contributed by atoms with Gasteiger partial charge in [-0.1, -0.05) is 6.07 Å². The van der Waals surface area contributed by atoms with E-state index in [9.17, 15) is 0 Å². The molecule has 3 rings (SSSR count). The van der Waals surface area contributed by atoms with Crippen LogP contribution in [0.1, 0.15) is 11.1 Å². The molecule has 0 saturated heterocycles. The first-order valence-electron chi connectivity index (χ1n) is 8.08. The van der Waals surface area contributed by atoms with Crippen LogP contribution in [0.5, 0.6) is 0 Å². The van der Waals surface area contributed by atoms with Gasteiger partial charge in [0, 0.05) is 36.7 Å². The zero-order valence-corrected chi connectivity index (χ0v) is 15.9. The molecule has 0 aliphatic rings. The summed E-state index contributed by atoms with van der Waals surface area (Å²) in [6.07, 6.45) is 6.36. The van der Waals surface area contributed by atoms with Crippen LogP contribution in [0.2, 0.25) is 0 Å². The van der Waals surface area contributed by atoms with Crippen LogP contribution in [0.4, 0.5) is 17.5 Å². The van der Waals surface area contributed by atoms with E-state index in [1.165, 1.54) is 11.1 Å². The minimum Gasteiger partial charge on any atom is -0.359 e. The predicted octanol–water partition coefficient (Wildman–Crippen LogP) is 4.37. The topological polar surface area (TPSA) is 53.9 Å². The summed E-state index contributed by atoms with van der Waals surface area (Å²) in [6.45, 7) is 2.93. The quantitative estimate of drug-likeness (QED) is 0.669. The molecule has 25 heavy (non-hydrogen) atoms. The van der Waals surface area contributed by atoms with E-state index in [0.717, 1.165) is 28.9 Å². The van der Waals surface area contributed by atoms with E-state index in [4.69, 9.17) is 0 Å². The van der Waals surface area contributed by atoms with E-state index in [1.807, 2.05) is 43.7 Å². The van der Waals surface area contributed by atoms with Crippen molar-refractivity contribution in [3.63, 3.8) is 0 Å². The first-order chi connectivity index (χ1) is 12.1. The molecule has 5 nitrogen and oxygen atoms in total. The van der Waals surface area contributed by atoms with Gasteiger partial charge < -0.3 is 10.2 Å². The number of hydrogen-bond acceptors (Lipinski definition) is 5. The van der Waals surface area contributed by atoms with Gasteiger partial charge >= 0.3 is 0 Å². The van der Waals surface area contributed by atoms with Gasteiger partial charge in [0.2, 0.25) is 5.95 Å². The van der Waals surface area contributed by atoms with Gasteiger partial charge in [0.15, 0.2) is 0 Å². The molecule has 1 N–H and O–H groups in total. The summed E-state index contributed by atoms with van der Waals surface area (Å²) in [5.74, 6) is 1.47. The fourth-order valence-electron chi connectivity index (χ4n) is 2.42. The van der Waals surface area contributed by atoms with Gasteiger partial charge in [-0.25, -0.2) is 4.98 Å². The molecule has 2 heterocycles. The molecular formula is C19H20BrN5. The molecule has 1 aromatic carbocycles. The Kier molecular flexibility index (Phi) is 5.60. The van der Waals surface area contributed by atoms with Crippen molar-refractivity contribution in [1.29, 1.82) is 0 Å². The maximum Gasteiger partial charge on any atom is 0.229 e. The fraction of sp³-hybridized carbons (Fsp3) is 0.211. The van der Waals surface area contributed by atoms with E-state index in [0.29, 0.717) is 5.95 Å². The SMILES string of the molecule is Cc1ccc(Nc2nccc(N(C)CCc3ccncc3)n2)c(Br)c1. The molecule has 0 spiro atoms. The van der Waals surface area contributed by atoms with Crippen molar-refractivity contribution in [2.24, 2.45) is 0 Å². The number of benzene rings is 1. The molecule has 2 aromatic heterocycles. The smallest absolute Gasteiger partial charge is 0.229 e. The molecule has 128 valence electrons. The fourth-order valence-corrected chi connectivity index (χ4v) is 3.02. The Hall–Kier alpha value is -2.47. The van der Waals surface area contributed by atoms with Crippen molar-refractivity contribution in [3.8, 4) is 0 Å². The second kappa shape index (κ2) is 8.07. The van der Waals surface area contributed by atoms with Crippen molar-refractivity contribution in [2.45, 2.75) is 13.3 Å². The van der Waals surface area contributed by atoms with Crippen LogP contribution >= 0.6 is 15.9 Å². The average Bonchev–Trinajstić information content (AvgIpc) is 2.63. The maximum atomic E-state index is 4.61. The van der Waals surface area contributed by atoms with Crippen LogP contribution in [-0.4, -0.2) is 28.5 Å². The van der Waals surface area contributed by atoms with Gasteiger partial charge in [0.25, 0.3) is 0 Å². The predicted molar refractivity (Wildman–Crippen MR) is 105 cm³/mol. The highest BCUT2D eigenvalue weighted by Crippen LogP contribution is 2.26. The van der Waals surface area contributed by atoms with Crippen LogP contribution in [-0.2, 0) is 6.42 Å². The standard InChI is InChI=1S/C19H20BrN5/c1-14-3-4-17(16(20)13-14)23-19-22-11-7-18(24-19)25(2)12-8-15-5-9-21-10-6-15/h3-7,9-11,13H,8,12H2,1-2H3,(H,22,23,24). The highest BCUT2D eigenvalue weighted by molar-refractivity contribution is 9.10. The highest BCUT2D eigenvalue weighted by Gasteiger charge is 2.07. The number of nitrogens with one attached hydrogen (secondary N) is 1. The van der Waals surface area contributed by atoms with E-state index in [-0.39, 0.29) is 0 Å². The second-order valence-electron chi connectivity index (χ2n) is 5.87. The summed E-state index contributed by atoms with van der Waals surface area (Å²) >= 11 is 3.57. The number of anilines is 3. The Morgan fingerprint density at radius 1 is 1.08 bits per heavy atom. The average molecular weight is 398 g/mol. The molecule has 0 radical (unpaired) electrons. The molecule has 0 unspecified atom stereocenters. The lowest BCUT2D eigenvalue weighted by Crippen LogP contribution is -2.21. The van der Waals surface area contributed by atoms with Crippen molar-refractivity contribution < 1.29 is 0 Å². The number of aromatic nitrogens is 3. The highest BCUT2D eigenvalue weighted by atomic mass is 79.9. The molecule has 0 aliphatic carbocycles. The van der Waals surface area contributed by atoms with Crippen molar-refractivity contribution in [1.82, 2.24) is 15.0 Å². The molecule has 6 heteroatoms. The van der Waals surface area contributed by atoms with E-state index in [1.54, 1.807) is 6.20 Å². The molecule has 0 atom stereocenters. The third-order valence-corrected chi connectivity index (χ3v) is 4.54. The van der Waals surface area contributed by atoms with E-state index < -0.39 is 0 Å². The van der Waals surface area contributed by atoms with Crippen LogP contribution in [0.3, 0.4) is 0 Å². The summed E-state index contributed by atoms with van der Waals surface area (Å²) in [5.41, 5.74) is 3.41. The number of rotatable bonds is 6.